The molecular weight excluding hydrogens is 392 g/mol. The Balaban J connectivity index is 1.66. The van der Waals surface area contributed by atoms with Gasteiger partial charge in [0.05, 0.1) is 22.8 Å². The van der Waals surface area contributed by atoms with Gasteiger partial charge in [-0.3, -0.25) is 0 Å². The van der Waals surface area contributed by atoms with Gasteiger partial charge in [-0.15, -0.1) is 5.10 Å². The summed E-state index contributed by atoms with van der Waals surface area (Å²) < 4.78 is 7.34. The van der Waals surface area contributed by atoms with E-state index in [1.807, 2.05) is 24.3 Å². The summed E-state index contributed by atoms with van der Waals surface area (Å²) in [4.78, 5) is 0. The SMILES string of the molecule is Clc1cccc(Cn2cc(COc3c(Cl)cc(Cl)cc3Cl)nn2)c1. The first kappa shape index (κ1) is 17.4. The summed E-state index contributed by atoms with van der Waals surface area (Å²) in [5.74, 6) is 0.368. The van der Waals surface area contributed by atoms with Crippen LogP contribution >= 0.6 is 46.4 Å². The van der Waals surface area contributed by atoms with E-state index in [-0.39, 0.29) is 6.61 Å². The Bertz CT molecular complexity index is 843. The molecule has 1 heterocycles. The summed E-state index contributed by atoms with van der Waals surface area (Å²) in [7, 11) is 0. The van der Waals surface area contributed by atoms with Gasteiger partial charge in [-0.2, -0.15) is 0 Å². The maximum atomic E-state index is 6.08. The second kappa shape index (κ2) is 7.62. The fourth-order valence-electron chi connectivity index (χ4n) is 2.12. The van der Waals surface area contributed by atoms with Crippen molar-refractivity contribution in [3.63, 3.8) is 0 Å². The molecule has 0 atom stereocenters. The van der Waals surface area contributed by atoms with Crippen molar-refractivity contribution in [1.82, 2.24) is 15.0 Å². The van der Waals surface area contributed by atoms with Gasteiger partial charge in [0, 0.05) is 10.0 Å². The first-order valence-electron chi connectivity index (χ1n) is 6.92. The van der Waals surface area contributed by atoms with Gasteiger partial charge in [0.1, 0.15) is 12.3 Å². The number of ether oxygens (including phenoxy) is 1. The van der Waals surface area contributed by atoms with E-state index >= 15 is 0 Å². The standard InChI is InChI=1S/C16H11Cl4N3O/c17-11-3-1-2-10(4-11)7-23-8-13(21-22-23)9-24-16-14(19)5-12(18)6-15(16)20/h1-6,8H,7,9H2. The smallest absolute Gasteiger partial charge is 0.157 e. The molecule has 0 aliphatic heterocycles. The van der Waals surface area contributed by atoms with E-state index in [1.165, 1.54) is 0 Å². The molecular formula is C16H11Cl4N3O. The summed E-state index contributed by atoms with van der Waals surface area (Å²) in [6, 6.07) is 10.7. The van der Waals surface area contributed by atoms with E-state index in [9.17, 15) is 0 Å². The van der Waals surface area contributed by atoms with Crippen molar-refractivity contribution in [2.24, 2.45) is 0 Å². The van der Waals surface area contributed by atoms with Crippen molar-refractivity contribution in [2.45, 2.75) is 13.2 Å². The molecule has 0 unspecified atom stereocenters. The zero-order valence-electron chi connectivity index (χ0n) is 12.2. The maximum Gasteiger partial charge on any atom is 0.157 e. The molecule has 0 amide bonds. The molecule has 124 valence electrons. The van der Waals surface area contributed by atoms with Crippen LogP contribution in [0, 0.1) is 0 Å². The Kier molecular flexibility index (Phi) is 5.51. The van der Waals surface area contributed by atoms with Crippen LogP contribution in [0.3, 0.4) is 0 Å². The molecule has 8 heteroatoms. The fraction of sp³-hybridized carbons (Fsp3) is 0.125. The highest BCUT2D eigenvalue weighted by Crippen LogP contribution is 2.36. The van der Waals surface area contributed by atoms with Crippen molar-refractivity contribution >= 4 is 46.4 Å². The van der Waals surface area contributed by atoms with Crippen LogP contribution < -0.4 is 4.74 Å². The van der Waals surface area contributed by atoms with Gasteiger partial charge in [-0.1, -0.05) is 63.7 Å². The summed E-state index contributed by atoms with van der Waals surface area (Å²) >= 11 is 24.0. The molecule has 3 aromatic rings. The fourth-order valence-corrected chi connectivity index (χ4v) is 3.26. The summed E-state index contributed by atoms with van der Waals surface area (Å²) in [5.41, 5.74) is 1.68. The van der Waals surface area contributed by atoms with E-state index in [2.05, 4.69) is 10.3 Å². The Labute approximate surface area is 158 Å². The van der Waals surface area contributed by atoms with Crippen LogP contribution in [0.2, 0.25) is 20.1 Å². The van der Waals surface area contributed by atoms with Gasteiger partial charge in [-0.05, 0) is 29.8 Å². The van der Waals surface area contributed by atoms with Crippen molar-refractivity contribution in [2.75, 3.05) is 0 Å². The number of hydrogen-bond donors (Lipinski definition) is 0. The molecule has 0 aliphatic rings. The molecule has 0 radical (unpaired) electrons. The van der Waals surface area contributed by atoms with Gasteiger partial charge in [-0.25, -0.2) is 4.68 Å². The van der Waals surface area contributed by atoms with Crippen molar-refractivity contribution in [3.8, 4) is 5.75 Å². The number of halogens is 4. The molecule has 0 aliphatic carbocycles. The normalized spacial score (nSPS) is 10.8. The second-order valence-electron chi connectivity index (χ2n) is 5.02. The van der Waals surface area contributed by atoms with Crippen molar-refractivity contribution in [1.29, 1.82) is 0 Å². The average Bonchev–Trinajstić information content (AvgIpc) is 2.93. The Hall–Kier alpha value is -1.46. The third kappa shape index (κ3) is 4.33. The van der Waals surface area contributed by atoms with Gasteiger partial charge in [0.2, 0.25) is 0 Å². The number of benzene rings is 2. The average molecular weight is 403 g/mol. The quantitative estimate of drug-likeness (QED) is 0.564. The minimum Gasteiger partial charge on any atom is -0.484 e. The number of aromatic nitrogens is 3. The highest BCUT2D eigenvalue weighted by atomic mass is 35.5. The maximum absolute atomic E-state index is 6.08. The van der Waals surface area contributed by atoms with Crippen LogP contribution in [0.4, 0.5) is 0 Å². The van der Waals surface area contributed by atoms with Crippen LogP contribution in [-0.4, -0.2) is 15.0 Å². The predicted octanol–water partition coefficient (Wildman–Crippen LogP) is 5.52. The minimum absolute atomic E-state index is 0.191. The van der Waals surface area contributed by atoms with Gasteiger partial charge >= 0.3 is 0 Å². The largest absolute Gasteiger partial charge is 0.484 e. The predicted molar refractivity (Wildman–Crippen MR) is 96.4 cm³/mol. The van der Waals surface area contributed by atoms with Crippen LogP contribution in [-0.2, 0) is 13.2 Å². The van der Waals surface area contributed by atoms with Gasteiger partial charge in [0.15, 0.2) is 5.75 Å². The van der Waals surface area contributed by atoms with E-state index < -0.39 is 0 Å². The Morgan fingerprint density at radius 1 is 0.958 bits per heavy atom. The van der Waals surface area contributed by atoms with Crippen LogP contribution in [0.5, 0.6) is 5.75 Å². The number of hydrogen-bond acceptors (Lipinski definition) is 3. The van der Waals surface area contributed by atoms with E-state index in [0.717, 1.165) is 5.56 Å². The van der Waals surface area contributed by atoms with E-state index in [0.29, 0.717) is 38.1 Å². The van der Waals surface area contributed by atoms with E-state index in [4.69, 9.17) is 51.1 Å². The topological polar surface area (TPSA) is 39.9 Å². The number of rotatable bonds is 5. The molecule has 0 bridgehead atoms. The molecule has 0 saturated heterocycles. The summed E-state index contributed by atoms with van der Waals surface area (Å²) in [6.07, 6.45) is 1.79. The van der Waals surface area contributed by atoms with Crippen LogP contribution in [0.25, 0.3) is 0 Å². The lowest BCUT2D eigenvalue weighted by atomic mass is 10.2. The first-order chi connectivity index (χ1) is 11.5. The molecule has 0 N–H and O–H groups in total. The van der Waals surface area contributed by atoms with Crippen LogP contribution in [0.1, 0.15) is 11.3 Å². The van der Waals surface area contributed by atoms with E-state index in [1.54, 1.807) is 23.0 Å². The van der Waals surface area contributed by atoms with Crippen LogP contribution in [0.15, 0.2) is 42.6 Å². The summed E-state index contributed by atoms with van der Waals surface area (Å²) in [5, 5.41) is 9.96. The third-order valence-corrected chi connectivity index (χ3v) is 4.16. The molecule has 2 aromatic carbocycles. The molecule has 24 heavy (non-hydrogen) atoms. The zero-order chi connectivity index (χ0) is 17.1. The molecule has 0 saturated carbocycles. The van der Waals surface area contributed by atoms with Gasteiger partial charge < -0.3 is 4.74 Å². The number of nitrogens with zero attached hydrogens (tertiary/aromatic N) is 3. The monoisotopic (exact) mass is 401 g/mol. The Morgan fingerprint density at radius 3 is 2.42 bits per heavy atom. The molecule has 1 aromatic heterocycles. The molecule has 3 rings (SSSR count). The minimum atomic E-state index is 0.191. The lowest BCUT2D eigenvalue weighted by molar-refractivity contribution is 0.301. The molecule has 4 nitrogen and oxygen atoms in total. The van der Waals surface area contributed by atoms with Crippen molar-refractivity contribution < 1.29 is 4.74 Å². The lowest BCUT2D eigenvalue weighted by Crippen LogP contribution is -2.00. The Morgan fingerprint density at radius 2 is 1.71 bits per heavy atom. The molecule has 0 spiro atoms. The highest BCUT2D eigenvalue weighted by Gasteiger charge is 2.11. The van der Waals surface area contributed by atoms with Gasteiger partial charge in [0.25, 0.3) is 0 Å². The zero-order valence-corrected chi connectivity index (χ0v) is 15.2. The highest BCUT2D eigenvalue weighted by molar-refractivity contribution is 6.40. The van der Waals surface area contributed by atoms with Crippen molar-refractivity contribution in [3.05, 3.63) is 73.9 Å². The molecule has 0 fully saturated rings. The lowest BCUT2D eigenvalue weighted by Gasteiger charge is -2.08. The second-order valence-corrected chi connectivity index (χ2v) is 6.71. The first-order valence-corrected chi connectivity index (χ1v) is 8.43. The summed E-state index contributed by atoms with van der Waals surface area (Å²) in [6.45, 7) is 0.757. The third-order valence-electron chi connectivity index (χ3n) is 3.15.